The van der Waals surface area contributed by atoms with E-state index in [2.05, 4.69) is 0 Å². The molecule has 0 aromatic rings. The lowest BCUT2D eigenvalue weighted by Crippen LogP contribution is -2.35. The summed E-state index contributed by atoms with van der Waals surface area (Å²) in [6.07, 6.45) is 5.27. The maximum Gasteiger partial charge on any atom is 0.434 e. The summed E-state index contributed by atoms with van der Waals surface area (Å²) in [5.41, 5.74) is 0. The largest absolute Gasteiger partial charge is 0.442 e. The number of hydrogen-bond acceptors (Lipinski definition) is 3. The monoisotopic (exact) mass is 199 g/mol. The predicted molar refractivity (Wildman–Crippen MR) is 49.9 cm³/mol. The summed E-state index contributed by atoms with van der Waals surface area (Å²) < 4.78 is 5.16. The summed E-state index contributed by atoms with van der Waals surface area (Å²) in [5.74, 6) is 0.444. The lowest BCUT2D eigenvalue weighted by Gasteiger charge is -2.28. The van der Waals surface area contributed by atoms with Crippen LogP contribution >= 0.6 is 0 Å². The van der Waals surface area contributed by atoms with E-state index < -0.39 is 6.09 Å². The lowest BCUT2D eigenvalue weighted by atomic mass is 9.83. The SMILES string of the molecule is C[C@@H]1[C@@H](C2CCCCC2)OC(=O)N1O. The number of hydroxylamine groups is 2. The quantitative estimate of drug-likeness (QED) is 0.658. The van der Waals surface area contributed by atoms with Gasteiger partial charge < -0.3 is 4.74 Å². The Morgan fingerprint density at radius 3 is 2.50 bits per heavy atom. The van der Waals surface area contributed by atoms with Gasteiger partial charge in [-0.25, -0.2) is 4.79 Å². The third kappa shape index (κ3) is 1.59. The average Bonchev–Trinajstić information content (AvgIpc) is 2.47. The Morgan fingerprint density at radius 2 is 2.00 bits per heavy atom. The normalized spacial score (nSPS) is 34.7. The number of ether oxygens (including phenoxy) is 1. The van der Waals surface area contributed by atoms with Crippen LogP contribution in [-0.4, -0.2) is 28.5 Å². The minimum Gasteiger partial charge on any atom is -0.442 e. The zero-order chi connectivity index (χ0) is 10.1. The Balaban J connectivity index is 2.00. The standard InChI is InChI=1S/C10H17NO3/c1-7-9(14-10(12)11(7)13)8-5-3-2-4-6-8/h7-9,13H,2-6H2,1H3/t7-,9+/m1/s1. The highest BCUT2D eigenvalue weighted by molar-refractivity contribution is 5.69. The highest BCUT2D eigenvalue weighted by atomic mass is 16.7. The van der Waals surface area contributed by atoms with Crippen LogP contribution in [0.5, 0.6) is 0 Å². The van der Waals surface area contributed by atoms with Crippen LogP contribution in [-0.2, 0) is 4.74 Å². The molecule has 2 rings (SSSR count). The van der Waals surface area contributed by atoms with Gasteiger partial charge in [-0.05, 0) is 25.7 Å². The van der Waals surface area contributed by atoms with Crippen LogP contribution in [0, 0.1) is 5.92 Å². The van der Waals surface area contributed by atoms with Gasteiger partial charge in [-0.3, -0.25) is 5.21 Å². The van der Waals surface area contributed by atoms with Crippen molar-refractivity contribution in [1.29, 1.82) is 0 Å². The van der Waals surface area contributed by atoms with Gasteiger partial charge in [0.25, 0.3) is 0 Å². The number of carbonyl (C=O) groups excluding carboxylic acids is 1. The van der Waals surface area contributed by atoms with E-state index in [1.165, 1.54) is 19.3 Å². The molecule has 1 saturated carbocycles. The molecule has 2 aliphatic rings. The van der Waals surface area contributed by atoms with E-state index in [1.54, 1.807) is 0 Å². The van der Waals surface area contributed by atoms with E-state index in [4.69, 9.17) is 4.74 Å². The number of cyclic esters (lactones) is 1. The van der Waals surface area contributed by atoms with Crippen molar-refractivity contribution in [2.75, 3.05) is 0 Å². The van der Waals surface area contributed by atoms with Crippen LogP contribution in [0.1, 0.15) is 39.0 Å². The van der Waals surface area contributed by atoms with Gasteiger partial charge >= 0.3 is 6.09 Å². The van der Waals surface area contributed by atoms with Crippen LogP contribution in [0.25, 0.3) is 0 Å². The van der Waals surface area contributed by atoms with Crippen molar-refractivity contribution in [3.05, 3.63) is 0 Å². The smallest absolute Gasteiger partial charge is 0.434 e. The van der Waals surface area contributed by atoms with E-state index in [-0.39, 0.29) is 12.1 Å². The average molecular weight is 199 g/mol. The molecule has 1 heterocycles. The molecule has 2 atom stereocenters. The van der Waals surface area contributed by atoms with Gasteiger partial charge in [0, 0.05) is 0 Å². The first kappa shape index (κ1) is 9.77. The molecule has 80 valence electrons. The Bertz CT molecular complexity index is 225. The topological polar surface area (TPSA) is 49.8 Å². The lowest BCUT2D eigenvalue weighted by molar-refractivity contribution is -0.0608. The summed E-state index contributed by atoms with van der Waals surface area (Å²) in [6.45, 7) is 1.84. The second-order valence-electron chi connectivity index (χ2n) is 4.33. The van der Waals surface area contributed by atoms with Crippen LogP contribution in [0.4, 0.5) is 4.79 Å². The zero-order valence-corrected chi connectivity index (χ0v) is 8.48. The van der Waals surface area contributed by atoms with Crippen molar-refractivity contribution in [1.82, 2.24) is 5.06 Å². The summed E-state index contributed by atoms with van der Waals surface area (Å²) in [5, 5.41) is 10.0. The van der Waals surface area contributed by atoms with Gasteiger partial charge in [0.15, 0.2) is 0 Å². The van der Waals surface area contributed by atoms with Crippen LogP contribution in [0.2, 0.25) is 0 Å². The van der Waals surface area contributed by atoms with Gasteiger partial charge in [0.1, 0.15) is 6.10 Å². The molecule has 0 unspecified atom stereocenters. The zero-order valence-electron chi connectivity index (χ0n) is 8.48. The minimum absolute atomic E-state index is 0.104. The van der Waals surface area contributed by atoms with Crippen molar-refractivity contribution >= 4 is 6.09 Å². The third-order valence-electron chi connectivity index (χ3n) is 3.40. The van der Waals surface area contributed by atoms with Crippen molar-refractivity contribution in [3.8, 4) is 0 Å². The summed E-state index contributed by atoms with van der Waals surface area (Å²) >= 11 is 0. The van der Waals surface area contributed by atoms with E-state index in [0.717, 1.165) is 17.9 Å². The Hall–Kier alpha value is -0.770. The highest BCUT2D eigenvalue weighted by Crippen LogP contribution is 2.33. The van der Waals surface area contributed by atoms with E-state index in [9.17, 15) is 10.0 Å². The molecule has 1 amide bonds. The molecule has 1 N–H and O–H groups in total. The van der Waals surface area contributed by atoms with Gasteiger partial charge in [-0.2, -0.15) is 5.06 Å². The van der Waals surface area contributed by atoms with Crippen LogP contribution in [0.3, 0.4) is 0 Å². The highest BCUT2D eigenvalue weighted by Gasteiger charge is 2.42. The molecule has 0 aromatic carbocycles. The fourth-order valence-corrected chi connectivity index (χ4v) is 2.53. The van der Waals surface area contributed by atoms with Crippen LogP contribution in [0.15, 0.2) is 0 Å². The summed E-state index contributed by atoms with van der Waals surface area (Å²) in [7, 11) is 0. The number of rotatable bonds is 1. The fourth-order valence-electron chi connectivity index (χ4n) is 2.53. The maximum atomic E-state index is 11.1. The first-order valence-corrected chi connectivity index (χ1v) is 5.39. The predicted octanol–water partition coefficient (Wildman–Crippen LogP) is 2.17. The molecule has 2 fully saturated rings. The van der Waals surface area contributed by atoms with Gasteiger partial charge in [0.05, 0.1) is 6.04 Å². The van der Waals surface area contributed by atoms with Crippen molar-refractivity contribution in [2.24, 2.45) is 5.92 Å². The van der Waals surface area contributed by atoms with Crippen molar-refractivity contribution in [3.63, 3.8) is 0 Å². The van der Waals surface area contributed by atoms with Gasteiger partial charge in [-0.15, -0.1) is 0 Å². The number of carbonyl (C=O) groups is 1. The fraction of sp³-hybridized carbons (Fsp3) is 0.900. The molecular weight excluding hydrogens is 182 g/mol. The molecule has 1 aliphatic carbocycles. The molecule has 0 aromatic heterocycles. The Morgan fingerprint density at radius 1 is 1.36 bits per heavy atom. The Kier molecular flexibility index (Phi) is 2.63. The second kappa shape index (κ2) is 3.77. The van der Waals surface area contributed by atoms with E-state index in [0.29, 0.717) is 5.92 Å². The van der Waals surface area contributed by atoms with Gasteiger partial charge in [-0.1, -0.05) is 19.3 Å². The second-order valence-corrected chi connectivity index (χ2v) is 4.33. The molecule has 1 aliphatic heterocycles. The van der Waals surface area contributed by atoms with Crippen LogP contribution < -0.4 is 0 Å². The molecule has 4 heteroatoms. The number of hydrogen-bond donors (Lipinski definition) is 1. The van der Waals surface area contributed by atoms with E-state index >= 15 is 0 Å². The summed E-state index contributed by atoms with van der Waals surface area (Å²) in [6, 6.07) is -0.189. The first-order chi connectivity index (χ1) is 6.70. The molecule has 14 heavy (non-hydrogen) atoms. The van der Waals surface area contributed by atoms with Crippen molar-refractivity contribution < 1.29 is 14.7 Å². The molecule has 0 spiro atoms. The molecular formula is C10H17NO3. The maximum absolute atomic E-state index is 11.1. The number of nitrogens with zero attached hydrogens (tertiary/aromatic N) is 1. The molecule has 0 bridgehead atoms. The van der Waals surface area contributed by atoms with Crippen molar-refractivity contribution in [2.45, 2.75) is 51.2 Å². The molecule has 0 radical (unpaired) electrons. The Labute approximate surface area is 83.8 Å². The molecule has 1 saturated heterocycles. The van der Waals surface area contributed by atoms with Gasteiger partial charge in [0.2, 0.25) is 0 Å². The first-order valence-electron chi connectivity index (χ1n) is 5.39. The third-order valence-corrected chi connectivity index (χ3v) is 3.40. The number of amides is 1. The molecule has 4 nitrogen and oxygen atoms in total. The van der Waals surface area contributed by atoms with E-state index in [1.807, 2.05) is 6.92 Å². The minimum atomic E-state index is -0.590. The summed E-state index contributed by atoms with van der Waals surface area (Å²) in [4.78, 5) is 11.1.